The number of piperidine rings is 1. The van der Waals surface area contributed by atoms with Gasteiger partial charge in [0, 0.05) is 38.3 Å². The third-order valence-corrected chi connectivity index (χ3v) is 5.20. The molecule has 2 aromatic rings. The summed E-state index contributed by atoms with van der Waals surface area (Å²) in [5.74, 6) is 1.05. The van der Waals surface area contributed by atoms with Crippen molar-refractivity contribution in [1.82, 2.24) is 10.2 Å². The van der Waals surface area contributed by atoms with Gasteiger partial charge >= 0.3 is 0 Å². The van der Waals surface area contributed by atoms with Gasteiger partial charge in [-0.15, -0.1) is 0 Å². The first kappa shape index (κ1) is 17.0. The molecule has 1 N–H and O–H groups in total. The standard InChI is InChI=1S/C23H27N3/c1-2-5-21(6-3-1)18-26-15-11-20(12-16-26)17-19-7-9-22(10-8-19)23-24-13-4-14-25-23/h1-3,5-10,17H,4,11-16,18H2,(H,24,25). The minimum absolute atomic E-state index is 0.938. The van der Waals surface area contributed by atoms with Gasteiger partial charge in [0.05, 0.1) is 0 Å². The van der Waals surface area contributed by atoms with Gasteiger partial charge in [-0.05, 0) is 30.4 Å². The van der Waals surface area contributed by atoms with E-state index in [4.69, 9.17) is 0 Å². The Kier molecular flexibility index (Phi) is 5.46. The first-order chi connectivity index (χ1) is 12.9. The molecule has 2 heterocycles. The van der Waals surface area contributed by atoms with E-state index in [0.717, 1.165) is 45.0 Å². The van der Waals surface area contributed by atoms with Crippen LogP contribution in [0, 0.1) is 0 Å². The third-order valence-electron chi connectivity index (χ3n) is 5.20. The number of amidine groups is 1. The predicted octanol–water partition coefficient (Wildman–Crippen LogP) is 4.11. The van der Waals surface area contributed by atoms with Crippen LogP contribution < -0.4 is 5.32 Å². The molecular weight excluding hydrogens is 318 g/mol. The molecule has 0 atom stereocenters. The minimum atomic E-state index is 0.938. The van der Waals surface area contributed by atoms with Crippen LogP contribution in [0.5, 0.6) is 0 Å². The predicted molar refractivity (Wildman–Crippen MR) is 109 cm³/mol. The van der Waals surface area contributed by atoms with Gasteiger partial charge in [0.25, 0.3) is 0 Å². The van der Waals surface area contributed by atoms with E-state index in [1.165, 1.54) is 29.5 Å². The first-order valence-electron chi connectivity index (χ1n) is 9.71. The van der Waals surface area contributed by atoms with Gasteiger partial charge in [-0.25, -0.2) is 0 Å². The summed E-state index contributed by atoms with van der Waals surface area (Å²) >= 11 is 0. The number of nitrogens with zero attached hydrogens (tertiary/aromatic N) is 2. The van der Waals surface area contributed by atoms with Crippen molar-refractivity contribution in [1.29, 1.82) is 0 Å². The van der Waals surface area contributed by atoms with E-state index in [1.54, 1.807) is 5.57 Å². The smallest absolute Gasteiger partial charge is 0.128 e. The quantitative estimate of drug-likeness (QED) is 0.903. The van der Waals surface area contributed by atoms with Gasteiger partial charge in [-0.2, -0.15) is 0 Å². The van der Waals surface area contributed by atoms with Crippen LogP contribution >= 0.6 is 0 Å². The number of hydrogen-bond donors (Lipinski definition) is 1. The summed E-state index contributed by atoms with van der Waals surface area (Å²) < 4.78 is 0. The molecular formula is C23H27N3. The highest BCUT2D eigenvalue weighted by atomic mass is 15.1. The zero-order valence-corrected chi connectivity index (χ0v) is 15.3. The van der Waals surface area contributed by atoms with Crippen LogP contribution in [0.1, 0.15) is 36.0 Å². The lowest BCUT2D eigenvalue weighted by Gasteiger charge is -2.28. The first-order valence-corrected chi connectivity index (χ1v) is 9.71. The molecule has 0 aliphatic carbocycles. The Bertz CT molecular complexity index is 765. The van der Waals surface area contributed by atoms with Crippen LogP contribution in [0.3, 0.4) is 0 Å². The third kappa shape index (κ3) is 4.41. The van der Waals surface area contributed by atoms with Gasteiger partial charge in [-0.3, -0.25) is 9.89 Å². The van der Waals surface area contributed by atoms with Crippen molar-refractivity contribution < 1.29 is 0 Å². The second-order valence-electron chi connectivity index (χ2n) is 7.20. The second kappa shape index (κ2) is 8.33. The normalized spacial score (nSPS) is 18.2. The maximum absolute atomic E-state index is 4.57. The Hall–Kier alpha value is -2.39. The number of nitrogens with one attached hydrogen (secondary N) is 1. The fourth-order valence-electron chi connectivity index (χ4n) is 3.68. The number of hydrogen-bond acceptors (Lipinski definition) is 3. The lowest BCUT2D eigenvalue weighted by atomic mass is 9.99. The van der Waals surface area contributed by atoms with Gasteiger partial charge < -0.3 is 5.32 Å². The van der Waals surface area contributed by atoms with Crippen LogP contribution in [0.25, 0.3) is 6.08 Å². The largest absolute Gasteiger partial charge is 0.370 e. The van der Waals surface area contributed by atoms with Crippen LogP contribution in [-0.4, -0.2) is 36.9 Å². The van der Waals surface area contributed by atoms with Crippen molar-refractivity contribution in [2.45, 2.75) is 25.8 Å². The Morgan fingerprint density at radius 1 is 0.962 bits per heavy atom. The summed E-state index contributed by atoms with van der Waals surface area (Å²) in [6.07, 6.45) is 5.85. The summed E-state index contributed by atoms with van der Waals surface area (Å²) in [4.78, 5) is 7.13. The second-order valence-corrected chi connectivity index (χ2v) is 7.20. The molecule has 0 bridgehead atoms. The summed E-state index contributed by atoms with van der Waals surface area (Å²) in [5.41, 5.74) is 5.48. The van der Waals surface area contributed by atoms with Crippen molar-refractivity contribution in [2.75, 3.05) is 26.2 Å². The van der Waals surface area contributed by atoms with Crippen molar-refractivity contribution >= 4 is 11.9 Å². The molecule has 3 nitrogen and oxygen atoms in total. The molecule has 4 rings (SSSR count). The maximum atomic E-state index is 4.57. The highest BCUT2D eigenvalue weighted by Gasteiger charge is 2.14. The fraction of sp³-hybridized carbons (Fsp3) is 0.348. The van der Waals surface area contributed by atoms with Gasteiger partial charge in [0.2, 0.25) is 0 Å². The van der Waals surface area contributed by atoms with Gasteiger partial charge in [0.1, 0.15) is 5.84 Å². The molecule has 2 aliphatic heterocycles. The molecule has 0 spiro atoms. The van der Waals surface area contributed by atoms with E-state index in [0.29, 0.717) is 0 Å². The molecule has 26 heavy (non-hydrogen) atoms. The van der Waals surface area contributed by atoms with E-state index < -0.39 is 0 Å². The average molecular weight is 345 g/mol. The molecule has 1 fully saturated rings. The highest BCUT2D eigenvalue weighted by Crippen LogP contribution is 2.21. The number of likely N-dealkylation sites (tertiary alicyclic amines) is 1. The summed E-state index contributed by atoms with van der Waals surface area (Å²) in [6, 6.07) is 19.6. The molecule has 0 unspecified atom stereocenters. The monoisotopic (exact) mass is 345 g/mol. The average Bonchev–Trinajstić information content (AvgIpc) is 2.72. The topological polar surface area (TPSA) is 27.6 Å². The Labute approximate surface area is 156 Å². The highest BCUT2D eigenvalue weighted by molar-refractivity contribution is 5.99. The van der Waals surface area contributed by atoms with Crippen molar-refractivity contribution in [3.63, 3.8) is 0 Å². The van der Waals surface area contributed by atoms with Crippen LogP contribution in [0.4, 0.5) is 0 Å². The lowest BCUT2D eigenvalue weighted by Crippen LogP contribution is -2.30. The zero-order valence-electron chi connectivity index (χ0n) is 15.3. The molecule has 2 aromatic carbocycles. The van der Waals surface area contributed by atoms with E-state index in [1.807, 2.05) is 0 Å². The van der Waals surface area contributed by atoms with Gasteiger partial charge in [-0.1, -0.05) is 66.2 Å². The molecule has 0 amide bonds. The molecule has 0 aromatic heterocycles. The molecule has 3 heteroatoms. The molecule has 0 radical (unpaired) electrons. The van der Waals surface area contributed by atoms with Crippen molar-refractivity contribution in [3.05, 3.63) is 76.9 Å². The molecule has 1 saturated heterocycles. The SMILES string of the molecule is C(=C1CCN(Cc2ccccc2)CC1)c1ccc(C2=NCCCN2)cc1. The number of aliphatic imine (C=N–C) groups is 1. The van der Waals surface area contributed by atoms with Crippen LogP contribution in [0.2, 0.25) is 0 Å². The number of benzene rings is 2. The van der Waals surface area contributed by atoms with Crippen molar-refractivity contribution in [3.8, 4) is 0 Å². The fourth-order valence-corrected chi connectivity index (χ4v) is 3.68. The summed E-state index contributed by atoms with van der Waals surface area (Å²) in [5, 5.41) is 3.39. The van der Waals surface area contributed by atoms with E-state index in [-0.39, 0.29) is 0 Å². The lowest BCUT2D eigenvalue weighted by molar-refractivity contribution is 0.249. The Morgan fingerprint density at radius 3 is 2.42 bits per heavy atom. The Morgan fingerprint density at radius 2 is 1.73 bits per heavy atom. The number of rotatable bonds is 4. The van der Waals surface area contributed by atoms with Crippen LogP contribution in [0.15, 0.2) is 65.2 Å². The van der Waals surface area contributed by atoms with Crippen molar-refractivity contribution in [2.24, 2.45) is 4.99 Å². The van der Waals surface area contributed by atoms with Crippen LogP contribution in [-0.2, 0) is 6.54 Å². The summed E-state index contributed by atoms with van der Waals surface area (Å²) in [6.45, 7) is 5.34. The van der Waals surface area contributed by atoms with Gasteiger partial charge in [0.15, 0.2) is 0 Å². The minimum Gasteiger partial charge on any atom is -0.370 e. The molecule has 0 saturated carbocycles. The zero-order chi connectivity index (χ0) is 17.6. The summed E-state index contributed by atoms with van der Waals surface area (Å²) in [7, 11) is 0. The maximum Gasteiger partial charge on any atom is 0.128 e. The molecule has 134 valence electrons. The van der Waals surface area contributed by atoms with E-state index >= 15 is 0 Å². The molecule has 2 aliphatic rings. The van der Waals surface area contributed by atoms with E-state index in [2.05, 4.69) is 75.9 Å². The Balaban J connectivity index is 1.34. The van der Waals surface area contributed by atoms with E-state index in [9.17, 15) is 0 Å².